The van der Waals surface area contributed by atoms with Gasteiger partial charge >= 0.3 is 0 Å². The third kappa shape index (κ3) is 4.26. The van der Waals surface area contributed by atoms with Crippen LogP contribution in [0.4, 0.5) is 5.69 Å². The second-order valence-corrected chi connectivity index (χ2v) is 8.97. The molecule has 0 N–H and O–H groups in total. The highest BCUT2D eigenvalue weighted by atomic mass is 35.5. The van der Waals surface area contributed by atoms with E-state index in [9.17, 15) is 13.2 Å². The molecule has 1 heterocycles. The van der Waals surface area contributed by atoms with E-state index in [-0.39, 0.29) is 23.9 Å². The minimum absolute atomic E-state index is 0.0798. The van der Waals surface area contributed by atoms with Gasteiger partial charge in [0.1, 0.15) is 0 Å². The van der Waals surface area contributed by atoms with Crippen molar-refractivity contribution in [3.63, 3.8) is 0 Å². The highest BCUT2D eigenvalue weighted by molar-refractivity contribution is 7.89. The zero-order valence-electron chi connectivity index (χ0n) is 15.3. The first-order valence-corrected chi connectivity index (χ1v) is 10.4. The number of carbonyl (C=O) groups excluding carboxylic acids is 1. The van der Waals surface area contributed by atoms with Crippen LogP contribution in [-0.4, -0.2) is 63.8 Å². The monoisotopic (exact) mass is 407 g/mol. The van der Waals surface area contributed by atoms with E-state index in [1.165, 1.54) is 16.4 Å². The van der Waals surface area contributed by atoms with E-state index < -0.39 is 10.0 Å². The number of halogens is 1. The summed E-state index contributed by atoms with van der Waals surface area (Å²) in [4.78, 5) is 16.5. The van der Waals surface area contributed by atoms with Crippen LogP contribution in [0.25, 0.3) is 0 Å². The van der Waals surface area contributed by atoms with Crippen LogP contribution >= 0.6 is 11.6 Å². The average Bonchev–Trinajstić information content (AvgIpc) is 2.68. The van der Waals surface area contributed by atoms with Crippen molar-refractivity contribution in [1.82, 2.24) is 9.21 Å². The van der Waals surface area contributed by atoms with E-state index in [0.29, 0.717) is 23.7 Å². The quantitative estimate of drug-likeness (QED) is 0.781. The molecule has 1 aliphatic heterocycles. The van der Waals surface area contributed by atoms with Gasteiger partial charge in [0.2, 0.25) is 10.0 Å². The van der Waals surface area contributed by atoms with E-state index in [4.69, 9.17) is 11.6 Å². The van der Waals surface area contributed by atoms with Crippen LogP contribution < -0.4 is 4.90 Å². The second-order valence-electron chi connectivity index (χ2n) is 6.59. The molecule has 0 aromatic heterocycles. The summed E-state index contributed by atoms with van der Waals surface area (Å²) in [5.41, 5.74) is 1.63. The fraction of sp³-hybridized carbons (Fsp3) is 0.316. The molecule has 2 aromatic rings. The molecule has 144 valence electrons. The van der Waals surface area contributed by atoms with Crippen LogP contribution in [0.2, 0.25) is 5.02 Å². The first kappa shape index (κ1) is 19.7. The largest absolute Gasteiger partial charge is 0.378 e. The van der Waals surface area contributed by atoms with Crippen LogP contribution in [0.15, 0.2) is 53.4 Å². The molecule has 0 bridgehead atoms. The average molecular weight is 408 g/mol. The zero-order chi connectivity index (χ0) is 19.6. The Morgan fingerprint density at radius 3 is 2.00 bits per heavy atom. The standard InChI is InChI=1S/C19H22ClN3O3S/c1-21(2)17-7-3-15(4-8-17)19(24)22-11-13-23(14-12-22)27(25,26)18-9-5-16(20)6-10-18/h3-10H,11-14H2,1-2H3. The number of carbonyl (C=O) groups is 1. The van der Waals surface area contributed by atoms with Crippen molar-refractivity contribution in [1.29, 1.82) is 0 Å². The van der Waals surface area contributed by atoms with Gasteiger partial charge in [-0.2, -0.15) is 4.31 Å². The third-order valence-corrected chi connectivity index (χ3v) is 6.77. The van der Waals surface area contributed by atoms with Crippen molar-refractivity contribution < 1.29 is 13.2 Å². The van der Waals surface area contributed by atoms with Crippen molar-refractivity contribution in [3.05, 3.63) is 59.1 Å². The lowest BCUT2D eigenvalue weighted by Crippen LogP contribution is -2.50. The van der Waals surface area contributed by atoms with Crippen LogP contribution in [0.5, 0.6) is 0 Å². The zero-order valence-corrected chi connectivity index (χ0v) is 16.9. The Kier molecular flexibility index (Phi) is 5.74. The van der Waals surface area contributed by atoms with Crippen LogP contribution in [0.3, 0.4) is 0 Å². The first-order chi connectivity index (χ1) is 12.8. The molecule has 3 rings (SSSR count). The smallest absolute Gasteiger partial charge is 0.253 e. The molecule has 0 saturated carbocycles. The number of amides is 1. The maximum atomic E-state index is 12.7. The molecule has 0 atom stereocenters. The molecule has 1 fully saturated rings. The van der Waals surface area contributed by atoms with Gasteiger partial charge in [0.15, 0.2) is 0 Å². The van der Waals surface area contributed by atoms with Gasteiger partial charge in [-0.25, -0.2) is 8.42 Å². The molecule has 2 aromatic carbocycles. The van der Waals surface area contributed by atoms with E-state index in [1.807, 2.05) is 31.1 Å². The molecule has 1 amide bonds. The molecule has 0 spiro atoms. The predicted octanol–water partition coefficient (Wildman–Crippen LogP) is 2.55. The number of rotatable bonds is 4. The Balaban J connectivity index is 1.66. The number of piperazine rings is 1. The van der Waals surface area contributed by atoms with Crippen molar-refractivity contribution in [2.45, 2.75) is 4.90 Å². The Bertz CT molecular complexity index is 904. The molecule has 27 heavy (non-hydrogen) atoms. The molecule has 0 aliphatic carbocycles. The summed E-state index contributed by atoms with van der Waals surface area (Å²) in [6.45, 7) is 1.27. The summed E-state index contributed by atoms with van der Waals surface area (Å²) in [7, 11) is 0.307. The third-order valence-electron chi connectivity index (χ3n) is 4.61. The molecule has 6 nitrogen and oxygen atoms in total. The van der Waals surface area contributed by atoms with Crippen LogP contribution in [-0.2, 0) is 10.0 Å². The van der Waals surface area contributed by atoms with Crippen LogP contribution in [0.1, 0.15) is 10.4 Å². The molecule has 0 radical (unpaired) electrons. The summed E-state index contributed by atoms with van der Waals surface area (Å²) in [5, 5.41) is 0.490. The highest BCUT2D eigenvalue weighted by Gasteiger charge is 2.30. The van der Waals surface area contributed by atoms with E-state index in [2.05, 4.69) is 0 Å². The highest BCUT2D eigenvalue weighted by Crippen LogP contribution is 2.21. The maximum Gasteiger partial charge on any atom is 0.253 e. The predicted molar refractivity (Wildman–Crippen MR) is 107 cm³/mol. The fourth-order valence-corrected chi connectivity index (χ4v) is 4.52. The number of sulfonamides is 1. The molecular weight excluding hydrogens is 386 g/mol. The van der Waals surface area contributed by atoms with Crippen molar-refractivity contribution in [2.24, 2.45) is 0 Å². The van der Waals surface area contributed by atoms with Gasteiger partial charge in [-0.3, -0.25) is 4.79 Å². The lowest BCUT2D eigenvalue weighted by Gasteiger charge is -2.34. The van der Waals surface area contributed by atoms with Gasteiger partial charge < -0.3 is 9.80 Å². The molecule has 0 unspecified atom stereocenters. The molecule has 1 aliphatic rings. The van der Waals surface area contributed by atoms with E-state index in [1.54, 1.807) is 29.2 Å². The Labute approximate surface area is 165 Å². The van der Waals surface area contributed by atoms with Crippen molar-refractivity contribution >= 4 is 33.2 Å². The van der Waals surface area contributed by atoms with Crippen molar-refractivity contribution in [2.75, 3.05) is 45.2 Å². The van der Waals surface area contributed by atoms with E-state index >= 15 is 0 Å². The molecular formula is C19H22ClN3O3S. The number of anilines is 1. The Morgan fingerprint density at radius 1 is 0.926 bits per heavy atom. The summed E-state index contributed by atoms with van der Waals surface area (Å²) in [6.07, 6.45) is 0. The number of benzene rings is 2. The van der Waals surface area contributed by atoms with E-state index in [0.717, 1.165) is 5.69 Å². The summed E-state index contributed by atoms with van der Waals surface area (Å²) in [6, 6.07) is 13.5. The van der Waals surface area contributed by atoms with Crippen molar-refractivity contribution in [3.8, 4) is 0 Å². The summed E-state index contributed by atoms with van der Waals surface area (Å²) < 4.78 is 26.9. The first-order valence-electron chi connectivity index (χ1n) is 8.61. The number of nitrogens with zero attached hydrogens (tertiary/aromatic N) is 3. The normalized spacial score (nSPS) is 15.6. The fourth-order valence-electron chi connectivity index (χ4n) is 2.97. The Hall–Kier alpha value is -2.09. The lowest BCUT2D eigenvalue weighted by atomic mass is 10.1. The van der Waals surface area contributed by atoms with Gasteiger partial charge in [0.05, 0.1) is 4.90 Å². The molecule has 1 saturated heterocycles. The van der Waals surface area contributed by atoms with Crippen LogP contribution in [0, 0.1) is 0 Å². The minimum atomic E-state index is -3.58. The summed E-state index contributed by atoms with van der Waals surface area (Å²) in [5.74, 6) is -0.0798. The van der Waals surface area contributed by atoms with Gasteiger partial charge in [0, 0.05) is 56.5 Å². The lowest BCUT2D eigenvalue weighted by molar-refractivity contribution is 0.0698. The second kappa shape index (κ2) is 7.88. The maximum absolute atomic E-state index is 12.7. The van der Waals surface area contributed by atoms with Gasteiger partial charge in [-0.05, 0) is 48.5 Å². The SMILES string of the molecule is CN(C)c1ccc(C(=O)N2CCN(S(=O)(=O)c3ccc(Cl)cc3)CC2)cc1. The topological polar surface area (TPSA) is 60.9 Å². The molecule has 8 heteroatoms. The Morgan fingerprint density at radius 2 is 1.48 bits per heavy atom. The number of hydrogen-bond acceptors (Lipinski definition) is 4. The minimum Gasteiger partial charge on any atom is -0.378 e. The number of hydrogen-bond donors (Lipinski definition) is 0. The summed E-state index contributed by atoms with van der Waals surface area (Å²) >= 11 is 5.83. The van der Waals surface area contributed by atoms with Gasteiger partial charge in [-0.15, -0.1) is 0 Å². The van der Waals surface area contributed by atoms with Gasteiger partial charge in [0.25, 0.3) is 5.91 Å². The van der Waals surface area contributed by atoms with Gasteiger partial charge in [-0.1, -0.05) is 11.6 Å².